The zero-order chi connectivity index (χ0) is 12.4. The van der Waals surface area contributed by atoms with Gasteiger partial charge in [0, 0.05) is 5.56 Å². The second-order valence-electron chi connectivity index (χ2n) is 3.81. The van der Waals surface area contributed by atoms with Crippen LogP contribution in [0.3, 0.4) is 0 Å². The summed E-state index contributed by atoms with van der Waals surface area (Å²) in [7, 11) is 0. The topological polar surface area (TPSA) is 49.6 Å². The zero-order valence-corrected chi connectivity index (χ0v) is 10.3. The van der Waals surface area contributed by atoms with Gasteiger partial charge < -0.3 is 0 Å². The first-order valence-electron chi connectivity index (χ1n) is 5.12. The highest BCUT2D eigenvalue weighted by Gasteiger charge is 2.07. The third kappa shape index (κ3) is 2.27. The number of rotatable bonds is 1. The molecule has 0 N–H and O–H groups in total. The van der Waals surface area contributed by atoms with Crippen molar-refractivity contribution in [2.75, 3.05) is 0 Å². The van der Waals surface area contributed by atoms with Crippen LogP contribution in [-0.2, 0) is 0 Å². The summed E-state index contributed by atoms with van der Waals surface area (Å²) in [6, 6.07) is 7.90. The van der Waals surface area contributed by atoms with Gasteiger partial charge in [0.05, 0.1) is 6.20 Å². The molecule has 2 rings (SSSR count). The Balaban J connectivity index is 2.50. The molecular weight excluding hydrogens is 234 g/mol. The van der Waals surface area contributed by atoms with Crippen LogP contribution in [0.2, 0.25) is 5.15 Å². The molecule has 0 amide bonds. The maximum Gasteiger partial charge on any atom is 0.160 e. The van der Waals surface area contributed by atoms with E-state index in [-0.39, 0.29) is 5.15 Å². The van der Waals surface area contributed by atoms with E-state index in [1.807, 2.05) is 38.1 Å². The normalized spacial score (nSPS) is 10.0. The average molecular weight is 244 g/mol. The van der Waals surface area contributed by atoms with Crippen molar-refractivity contribution in [3.8, 4) is 17.5 Å². The number of aromatic nitrogens is 2. The molecule has 0 aliphatic carbocycles. The van der Waals surface area contributed by atoms with Gasteiger partial charge in [-0.3, -0.25) is 0 Å². The van der Waals surface area contributed by atoms with E-state index in [2.05, 4.69) is 9.97 Å². The van der Waals surface area contributed by atoms with Crippen LogP contribution in [0, 0.1) is 25.2 Å². The molecule has 0 unspecified atom stereocenters. The van der Waals surface area contributed by atoms with Crippen LogP contribution in [0.5, 0.6) is 0 Å². The molecule has 0 saturated carbocycles. The molecule has 0 spiro atoms. The van der Waals surface area contributed by atoms with Crippen LogP contribution in [0.15, 0.2) is 24.4 Å². The lowest BCUT2D eigenvalue weighted by Gasteiger charge is -2.04. The number of halogens is 1. The first kappa shape index (κ1) is 11.6. The Hall–Kier alpha value is -1.92. The van der Waals surface area contributed by atoms with E-state index < -0.39 is 0 Å². The quantitative estimate of drug-likeness (QED) is 0.722. The Morgan fingerprint density at radius 3 is 2.59 bits per heavy atom. The fourth-order valence-corrected chi connectivity index (χ4v) is 1.63. The summed E-state index contributed by atoms with van der Waals surface area (Å²) in [5.74, 6) is 0.539. The van der Waals surface area contributed by atoms with Gasteiger partial charge in [-0.15, -0.1) is 0 Å². The van der Waals surface area contributed by atoms with Crippen LogP contribution in [0.4, 0.5) is 0 Å². The number of hydrogen-bond acceptors (Lipinski definition) is 3. The summed E-state index contributed by atoms with van der Waals surface area (Å²) >= 11 is 5.88. The lowest BCUT2D eigenvalue weighted by atomic mass is 10.1. The molecular formula is C13H10ClN3. The van der Waals surface area contributed by atoms with Crippen molar-refractivity contribution >= 4 is 11.6 Å². The molecule has 1 aromatic carbocycles. The van der Waals surface area contributed by atoms with Crippen LogP contribution in [-0.4, -0.2) is 9.97 Å². The molecule has 17 heavy (non-hydrogen) atoms. The van der Waals surface area contributed by atoms with Gasteiger partial charge in [0.25, 0.3) is 0 Å². The molecule has 0 atom stereocenters. The summed E-state index contributed by atoms with van der Waals surface area (Å²) in [4.78, 5) is 8.25. The summed E-state index contributed by atoms with van der Waals surface area (Å²) in [5, 5.41) is 8.94. The first-order valence-corrected chi connectivity index (χ1v) is 5.50. The number of aryl methyl sites for hydroxylation is 2. The molecule has 0 aliphatic heterocycles. The Morgan fingerprint density at radius 1 is 1.24 bits per heavy atom. The van der Waals surface area contributed by atoms with Crippen molar-refractivity contribution in [2.24, 2.45) is 0 Å². The minimum Gasteiger partial charge on any atom is -0.235 e. The van der Waals surface area contributed by atoms with Gasteiger partial charge in [0.1, 0.15) is 11.6 Å². The predicted octanol–water partition coefficient (Wildman–Crippen LogP) is 3.29. The standard InChI is InChI=1S/C13H10ClN3/c1-8-3-4-10(5-9(8)2)13-16-7-11(6-15)12(14)17-13/h3-5,7H,1-2H3. The minimum absolute atomic E-state index is 0.190. The van der Waals surface area contributed by atoms with Gasteiger partial charge in [0.15, 0.2) is 11.0 Å². The summed E-state index contributed by atoms with van der Waals surface area (Å²) < 4.78 is 0. The van der Waals surface area contributed by atoms with E-state index in [0.717, 1.165) is 5.56 Å². The van der Waals surface area contributed by atoms with Crippen molar-refractivity contribution in [3.63, 3.8) is 0 Å². The number of hydrogen-bond donors (Lipinski definition) is 0. The molecule has 0 aliphatic rings. The maximum atomic E-state index is 8.75. The van der Waals surface area contributed by atoms with Crippen molar-refractivity contribution in [1.29, 1.82) is 5.26 Å². The first-order chi connectivity index (χ1) is 8.11. The Morgan fingerprint density at radius 2 is 2.00 bits per heavy atom. The van der Waals surface area contributed by atoms with E-state index in [1.54, 1.807) is 0 Å². The molecule has 0 radical (unpaired) electrons. The highest BCUT2D eigenvalue weighted by atomic mass is 35.5. The molecule has 1 heterocycles. The van der Waals surface area contributed by atoms with E-state index in [1.165, 1.54) is 17.3 Å². The van der Waals surface area contributed by atoms with Gasteiger partial charge >= 0.3 is 0 Å². The van der Waals surface area contributed by atoms with Gasteiger partial charge in [-0.2, -0.15) is 5.26 Å². The number of nitriles is 1. The second-order valence-corrected chi connectivity index (χ2v) is 4.17. The molecule has 84 valence electrons. The van der Waals surface area contributed by atoms with Crippen molar-refractivity contribution < 1.29 is 0 Å². The zero-order valence-electron chi connectivity index (χ0n) is 9.53. The van der Waals surface area contributed by atoms with Crippen molar-refractivity contribution in [2.45, 2.75) is 13.8 Å². The SMILES string of the molecule is Cc1ccc(-c2ncc(C#N)c(Cl)n2)cc1C. The number of benzene rings is 1. The smallest absolute Gasteiger partial charge is 0.160 e. The summed E-state index contributed by atoms with van der Waals surface area (Å²) in [6.45, 7) is 4.08. The van der Waals surface area contributed by atoms with Crippen molar-refractivity contribution in [1.82, 2.24) is 9.97 Å². The molecule has 1 aromatic heterocycles. The van der Waals surface area contributed by atoms with Gasteiger partial charge in [-0.1, -0.05) is 23.7 Å². The maximum absolute atomic E-state index is 8.75. The Labute approximate surface area is 105 Å². The summed E-state index contributed by atoms with van der Waals surface area (Å²) in [5.41, 5.74) is 3.58. The third-order valence-corrected chi connectivity index (χ3v) is 2.92. The largest absolute Gasteiger partial charge is 0.235 e. The second kappa shape index (κ2) is 4.52. The highest BCUT2D eigenvalue weighted by Crippen LogP contribution is 2.21. The van der Waals surface area contributed by atoms with E-state index in [4.69, 9.17) is 16.9 Å². The lowest BCUT2D eigenvalue weighted by Crippen LogP contribution is -1.93. The van der Waals surface area contributed by atoms with Crippen LogP contribution >= 0.6 is 11.6 Å². The van der Waals surface area contributed by atoms with Gasteiger partial charge in [-0.25, -0.2) is 9.97 Å². The molecule has 4 heteroatoms. The van der Waals surface area contributed by atoms with E-state index >= 15 is 0 Å². The van der Waals surface area contributed by atoms with E-state index in [0.29, 0.717) is 11.4 Å². The molecule has 0 saturated heterocycles. The fourth-order valence-electron chi connectivity index (χ4n) is 1.46. The summed E-state index contributed by atoms with van der Waals surface area (Å²) in [6.07, 6.45) is 1.44. The van der Waals surface area contributed by atoms with Crippen LogP contribution in [0.25, 0.3) is 11.4 Å². The van der Waals surface area contributed by atoms with E-state index in [9.17, 15) is 0 Å². The monoisotopic (exact) mass is 243 g/mol. The molecule has 0 fully saturated rings. The molecule has 2 aromatic rings. The lowest BCUT2D eigenvalue weighted by molar-refractivity contribution is 1.16. The van der Waals surface area contributed by atoms with Crippen molar-refractivity contribution in [3.05, 3.63) is 46.2 Å². The third-order valence-electron chi connectivity index (χ3n) is 2.63. The predicted molar refractivity (Wildman–Crippen MR) is 66.7 cm³/mol. The van der Waals surface area contributed by atoms with Gasteiger partial charge in [0.2, 0.25) is 0 Å². The number of nitrogens with zero attached hydrogens (tertiary/aromatic N) is 3. The van der Waals surface area contributed by atoms with Crippen LogP contribution < -0.4 is 0 Å². The minimum atomic E-state index is 0.190. The molecule has 0 bridgehead atoms. The molecule has 3 nitrogen and oxygen atoms in total. The highest BCUT2D eigenvalue weighted by molar-refractivity contribution is 6.30. The van der Waals surface area contributed by atoms with Crippen LogP contribution in [0.1, 0.15) is 16.7 Å². The Bertz CT molecular complexity index is 615. The Kier molecular flexibility index (Phi) is 3.08. The fraction of sp³-hybridized carbons (Fsp3) is 0.154. The van der Waals surface area contributed by atoms with Gasteiger partial charge in [-0.05, 0) is 31.0 Å². The average Bonchev–Trinajstić information content (AvgIpc) is 2.32.